The monoisotopic (exact) mass is 334 g/mol. The summed E-state index contributed by atoms with van der Waals surface area (Å²) in [6.45, 7) is 3.95. The van der Waals surface area contributed by atoms with Crippen LogP contribution in [0.4, 0.5) is 5.95 Å². The van der Waals surface area contributed by atoms with Crippen LogP contribution >= 0.6 is 22.9 Å². The third-order valence-electron chi connectivity index (χ3n) is 3.90. The van der Waals surface area contributed by atoms with Crippen molar-refractivity contribution in [1.29, 1.82) is 5.26 Å². The molecule has 0 unspecified atom stereocenters. The molecule has 0 saturated carbocycles. The summed E-state index contributed by atoms with van der Waals surface area (Å²) in [5.41, 5.74) is 0.0510. The van der Waals surface area contributed by atoms with Gasteiger partial charge in [-0.3, -0.25) is 9.78 Å². The molecular weight excluding hydrogens is 320 g/mol. The van der Waals surface area contributed by atoms with Gasteiger partial charge in [0.1, 0.15) is 17.3 Å². The molecule has 0 aliphatic carbocycles. The van der Waals surface area contributed by atoms with Gasteiger partial charge in [-0.2, -0.15) is 5.26 Å². The lowest BCUT2D eigenvalue weighted by atomic mass is 10.00. The third kappa shape index (κ3) is 2.87. The number of halogens is 1. The summed E-state index contributed by atoms with van der Waals surface area (Å²) < 4.78 is 0. The van der Waals surface area contributed by atoms with Crippen molar-refractivity contribution in [2.24, 2.45) is 5.92 Å². The lowest BCUT2D eigenvalue weighted by Gasteiger charge is -2.30. The summed E-state index contributed by atoms with van der Waals surface area (Å²) in [5, 5.41) is 11.6. The van der Waals surface area contributed by atoms with Gasteiger partial charge in [0.15, 0.2) is 0 Å². The fraction of sp³-hybridized carbons (Fsp3) is 0.400. The van der Waals surface area contributed by atoms with Gasteiger partial charge in [0.25, 0.3) is 5.56 Å². The molecule has 22 heavy (non-hydrogen) atoms. The Labute approximate surface area is 137 Å². The standard InChI is InChI=1S/C15H15ClN4OS/c1-9-2-4-20(5-3-9)15-18-13(11(7-17)14(21)19-15)12-6-10(16)8-22-12/h6,8-9H,2-5H2,1H3,(H,18,19,21). The fourth-order valence-corrected chi connectivity index (χ4v) is 3.62. The number of nitrogens with one attached hydrogen (secondary N) is 1. The van der Waals surface area contributed by atoms with Gasteiger partial charge in [0, 0.05) is 18.5 Å². The van der Waals surface area contributed by atoms with Gasteiger partial charge in [0.05, 0.1) is 9.90 Å². The molecule has 0 aromatic carbocycles. The van der Waals surface area contributed by atoms with Gasteiger partial charge in [0.2, 0.25) is 5.95 Å². The van der Waals surface area contributed by atoms with Crippen LogP contribution in [0.15, 0.2) is 16.2 Å². The molecule has 7 heteroatoms. The number of nitrogens with zero attached hydrogens (tertiary/aromatic N) is 3. The number of rotatable bonds is 2. The first-order valence-corrected chi connectivity index (χ1v) is 8.38. The van der Waals surface area contributed by atoms with Crippen LogP contribution in [0.3, 0.4) is 0 Å². The van der Waals surface area contributed by atoms with Crippen LogP contribution in [0.1, 0.15) is 25.3 Å². The van der Waals surface area contributed by atoms with E-state index in [1.807, 2.05) is 6.07 Å². The number of aromatic nitrogens is 2. The molecular formula is C15H15ClN4OS. The molecule has 2 aromatic rings. The number of anilines is 1. The average molecular weight is 335 g/mol. The molecule has 0 bridgehead atoms. The average Bonchev–Trinajstić information content (AvgIpc) is 2.93. The summed E-state index contributed by atoms with van der Waals surface area (Å²) in [4.78, 5) is 22.3. The van der Waals surface area contributed by atoms with E-state index in [4.69, 9.17) is 11.6 Å². The van der Waals surface area contributed by atoms with Crippen molar-refractivity contribution >= 4 is 28.9 Å². The number of thiophene rings is 1. The van der Waals surface area contributed by atoms with E-state index in [0.717, 1.165) is 30.8 Å². The SMILES string of the molecule is CC1CCN(c2nc(-c3cc(Cl)cs3)c(C#N)c(=O)[nH]2)CC1. The number of H-pyrrole nitrogens is 1. The van der Waals surface area contributed by atoms with Gasteiger partial charge >= 0.3 is 0 Å². The Hall–Kier alpha value is -1.84. The van der Waals surface area contributed by atoms with E-state index in [1.54, 1.807) is 11.4 Å². The predicted octanol–water partition coefficient (Wildman–Crippen LogP) is 3.26. The van der Waals surface area contributed by atoms with Crippen molar-refractivity contribution in [2.45, 2.75) is 19.8 Å². The molecule has 1 N–H and O–H groups in total. The van der Waals surface area contributed by atoms with E-state index in [1.165, 1.54) is 11.3 Å². The van der Waals surface area contributed by atoms with Crippen molar-refractivity contribution in [3.05, 3.63) is 32.4 Å². The Morgan fingerprint density at radius 2 is 2.23 bits per heavy atom. The van der Waals surface area contributed by atoms with Gasteiger partial charge < -0.3 is 4.90 Å². The van der Waals surface area contributed by atoms with Gasteiger partial charge in [-0.15, -0.1) is 11.3 Å². The van der Waals surface area contributed by atoms with E-state index in [2.05, 4.69) is 21.8 Å². The third-order valence-corrected chi connectivity index (χ3v) is 5.19. The van der Waals surface area contributed by atoms with Crippen molar-refractivity contribution in [2.75, 3.05) is 18.0 Å². The highest BCUT2D eigenvalue weighted by Gasteiger charge is 2.21. The maximum atomic E-state index is 12.2. The quantitative estimate of drug-likeness (QED) is 0.914. The lowest BCUT2D eigenvalue weighted by Crippen LogP contribution is -2.35. The minimum absolute atomic E-state index is 0.0349. The summed E-state index contributed by atoms with van der Waals surface area (Å²) in [6.07, 6.45) is 2.15. The first kappa shape index (κ1) is 15.1. The van der Waals surface area contributed by atoms with Crippen LogP contribution in [0, 0.1) is 17.2 Å². The zero-order valence-electron chi connectivity index (χ0n) is 12.1. The van der Waals surface area contributed by atoms with Crippen LogP contribution in [-0.2, 0) is 0 Å². The zero-order valence-corrected chi connectivity index (χ0v) is 13.7. The largest absolute Gasteiger partial charge is 0.342 e. The summed E-state index contributed by atoms with van der Waals surface area (Å²) >= 11 is 7.33. The normalized spacial score (nSPS) is 15.8. The Kier molecular flexibility index (Phi) is 4.19. The molecule has 0 radical (unpaired) electrons. The number of aromatic amines is 1. The van der Waals surface area contributed by atoms with Crippen LogP contribution in [0.2, 0.25) is 5.02 Å². The number of hydrogen-bond acceptors (Lipinski definition) is 5. The Morgan fingerprint density at radius 1 is 1.50 bits per heavy atom. The molecule has 114 valence electrons. The van der Waals surface area contributed by atoms with E-state index in [0.29, 0.717) is 22.6 Å². The fourth-order valence-electron chi connectivity index (χ4n) is 2.55. The lowest BCUT2D eigenvalue weighted by molar-refractivity contribution is 0.434. The first-order valence-electron chi connectivity index (χ1n) is 7.12. The molecule has 1 fully saturated rings. The second-order valence-corrected chi connectivity index (χ2v) is 6.87. The van der Waals surface area contributed by atoms with Crippen LogP contribution in [-0.4, -0.2) is 23.1 Å². The van der Waals surface area contributed by atoms with Crippen LogP contribution in [0.25, 0.3) is 10.6 Å². The number of piperidine rings is 1. The summed E-state index contributed by atoms with van der Waals surface area (Å²) in [7, 11) is 0. The van der Waals surface area contributed by atoms with Crippen molar-refractivity contribution in [3.63, 3.8) is 0 Å². The number of hydrogen-bond donors (Lipinski definition) is 1. The minimum atomic E-state index is -0.398. The predicted molar refractivity (Wildman–Crippen MR) is 88.5 cm³/mol. The highest BCUT2D eigenvalue weighted by molar-refractivity contribution is 7.14. The van der Waals surface area contributed by atoms with E-state index in [-0.39, 0.29) is 5.56 Å². The van der Waals surface area contributed by atoms with Gasteiger partial charge in [-0.05, 0) is 24.8 Å². The molecule has 0 spiro atoms. The Balaban J connectivity index is 2.05. The molecule has 1 saturated heterocycles. The van der Waals surface area contributed by atoms with E-state index in [9.17, 15) is 10.1 Å². The van der Waals surface area contributed by atoms with Gasteiger partial charge in [-0.25, -0.2) is 4.98 Å². The molecule has 0 atom stereocenters. The molecule has 3 heterocycles. The van der Waals surface area contributed by atoms with E-state index < -0.39 is 5.56 Å². The zero-order chi connectivity index (χ0) is 15.7. The van der Waals surface area contributed by atoms with Crippen LogP contribution < -0.4 is 10.5 Å². The topological polar surface area (TPSA) is 72.8 Å². The van der Waals surface area contributed by atoms with Gasteiger partial charge in [-0.1, -0.05) is 18.5 Å². The summed E-state index contributed by atoms with van der Waals surface area (Å²) in [6, 6.07) is 3.68. The maximum Gasteiger partial charge on any atom is 0.270 e. The highest BCUT2D eigenvalue weighted by atomic mass is 35.5. The molecule has 5 nitrogen and oxygen atoms in total. The Morgan fingerprint density at radius 3 is 2.82 bits per heavy atom. The van der Waals surface area contributed by atoms with Crippen LogP contribution in [0.5, 0.6) is 0 Å². The molecule has 2 aromatic heterocycles. The maximum absolute atomic E-state index is 12.2. The Bertz CT molecular complexity index is 784. The summed E-state index contributed by atoms with van der Waals surface area (Å²) in [5.74, 6) is 1.23. The van der Waals surface area contributed by atoms with Crippen molar-refractivity contribution in [1.82, 2.24) is 9.97 Å². The second-order valence-electron chi connectivity index (χ2n) is 5.52. The molecule has 1 aliphatic rings. The smallest absolute Gasteiger partial charge is 0.270 e. The first-order chi connectivity index (χ1) is 10.6. The van der Waals surface area contributed by atoms with Crippen molar-refractivity contribution < 1.29 is 0 Å². The molecule has 0 amide bonds. The molecule has 1 aliphatic heterocycles. The van der Waals surface area contributed by atoms with E-state index >= 15 is 0 Å². The number of nitriles is 1. The minimum Gasteiger partial charge on any atom is -0.342 e. The molecule has 3 rings (SSSR count). The van der Waals surface area contributed by atoms with Crippen molar-refractivity contribution in [3.8, 4) is 16.6 Å². The second kappa shape index (κ2) is 6.11. The highest BCUT2D eigenvalue weighted by Crippen LogP contribution is 2.30.